The molecule has 2 unspecified atom stereocenters. The van der Waals surface area contributed by atoms with Crippen LogP contribution in [0.3, 0.4) is 0 Å². The number of anilines is 2. The van der Waals surface area contributed by atoms with E-state index in [0.717, 1.165) is 16.8 Å². The molecule has 1 aliphatic carbocycles. The molecule has 2 nitrogen and oxygen atoms in total. The Bertz CT molecular complexity index is 2670. The van der Waals surface area contributed by atoms with Crippen LogP contribution in [0.25, 0.3) is 62.6 Å². The number of para-hydroxylation sites is 1. The first kappa shape index (κ1) is 26.7. The van der Waals surface area contributed by atoms with Crippen molar-refractivity contribution in [1.29, 1.82) is 5.26 Å². The summed E-state index contributed by atoms with van der Waals surface area (Å²) < 4.78 is 5.25. The lowest BCUT2D eigenvalue weighted by Gasteiger charge is -2.30. The van der Waals surface area contributed by atoms with Crippen LogP contribution in [-0.4, -0.2) is 6.04 Å². The van der Waals surface area contributed by atoms with Crippen LogP contribution in [0, 0.1) is 11.3 Å². The van der Waals surface area contributed by atoms with Gasteiger partial charge in [-0.05, 0) is 76.9 Å². The third-order valence-corrected chi connectivity index (χ3v) is 12.1. The molecule has 2 atom stereocenters. The fraction of sp³-hybridized carbons (Fsp3) is 0.0465. The lowest BCUT2D eigenvalue weighted by Crippen LogP contribution is -2.29. The molecule has 0 spiro atoms. The van der Waals surface area contributed by atoms with Crippen molar-refractivity contribution in [2.24, 2.45) is 0 Å². The molecule has 0 radical (unpaired) electrons. The third-order valence-electron chi connectivity index (χ3n) is 9.82. The lowest BCUT2D eigenvalue weighted by molar-refractivity contribution is 0.745. The predicted octanol–water partition coefficient (Wildman–Crippen LogP) is 12.4. The maximum absolute atomic E-state index is 9.96. The molecule has 220 valence electrons. The summed E-state index contributed by atoms with van der Waals surface area (Å²) in [6.45, 7) is 0. The maximum Gasteiger partial charge on any atom is 0.0992 e. The largest absolute Gasteiger partial charge is 0.333 e. The Kier molecular flexibility index (Phi) is 5.84. The standard InChI is InChI=1S/C43H26N2S2/c44-25-26-14-17-30(39(20-26)45-37-12-6-4-10-31(37)32-11-5-7-13-38(32)45)29-16-19-41-34(22-29)36-23-35-33-21-28(27-8-2-1-3-9-27)15-18-40(33)46-42(35)24-43(36)47-41/h1-24,31,37H. The van der Waals surface area contributed by atoms with Crippen molar-refractivity contribution in [2.45, 2.75) is 12.0 Å². The van der Waals surface area contributed by atoms with Crippen molar-refractivity contribution in [3.8, 4) is 28.3 Å². The highest BCUT2D eigenvalue weighted by Crippen LogP contribution is 2.51. The van der Waals surface area contributed by atoms with Gasteiger partial charge in [0.25, 0.3) is 0 Å². The van der Waals surface area contributed by atoms with Crippen molar-refractivity contribution in [1.82, 2.24) is 0 Å². The van der Waals surface area contributed by atoms with Crippen molar-refractivity contribution in [3.63, 3.8) is 0 Å². The average Bonchev–Trinajstić information content (AvgIpc) is 3.79. The second-order valence-electron chi connectivity index (χ2n) is 12.4. The van der Waals surface area contributed by atoms with Gasteiger partial charge in [-0.2, -0.15) is 5.26 Å². The number of hydrogen-bond acceptors (Lipinski definition) is 4. The number of nitriles is 1. The van der Waals surface area contributed by atoms with E-state index in [0.29, 0.717) is 5.56 Å². The van der Waals surface area contributed by atoms with Gasteiger partial charge in [0.1, 0.15) is 0 Å². The van der Waals surface area contributed by atoms with Gasteiger partial charge in [-0.3, -0.25) is 0 Å². The minimum Gasteiger partial charge on any atom is -0.333 e. The number of allylic oxidation sites excluding steroid dienone is 2. The Labute approximate surface area is 280 Å². The highest BCUT2D eigenvalue weighted by atomic mass is 32.1. The van der Waals surface area contributed by atoms with Gasteiger partial charge in [0.05, 0.1) is 23.4 Å². The van der Waals surface area contributed by atoms with E-state index >= 15 is 0 Å². The van der Waals surface area contributed by atoms with E-state index in [2.05, 4.69) is 151 Å². The van der Waals surface area contributed by atoms with Gasteiger partial charge in [0, 0.05) is 57.5 Å². The second-order valence-corrected chi connectivity index (χ2v) is 14.6. The van der Waals surface area contributed by atoms with Crippen molar-refractivity contribution < 1.29 is 0 Å². The number of rotatable bonds is 3. The molecule has 0 N–H and O–H groups in total. The number of thiophene rings is 2. The van der Waals surface area contributed by atoms with Gasteiger partial charge in [-0.15, -0.1) is 22.7 Å². The molecule has 0 bridgehead atoms. The zero-order chi connectivity index (χ0) is 31.1. The Morgan fingerprint density at radius 2 is 1.21 bits per heavy atom. The first-order valence-corrected chi connectivity index (χ1v) is 17.5. The summed E-state index contributed by atoms with van der Waals surface area (Å²) in [7, 11) is 0. The minimum atomic E-state index is 0.164. The van der Waals surface area contributed by atoms with Crippen LogP contribution < -0.4 is 4.90 Å². The summed E-state index contributed by atoms with van der Waals surface area (Å²) in [5, 5.41) is 15.2. The zero-order valence-corrected chi connectivity index (χ0v) is 26.9. The Balaban J connectivity index is 1.16. The summed E-state index contributed by atoms with van der Waals surface area (Å²) >= 11 is 3.75. The van der Waals surface area contributed by atoms with E-state index in [9.17, 15) is 5.26 Å². The molecule has 2 aliphatic rings. The van der Waals surface area contributed by atoms with Crippen molar-refractivity contribution >= 4 is 74.4 Å². The van der Waals surface area contributed by atoms with Crippen LogP contribution in [0.15, 0.2) is 146 Å². The number of hydrogen-bond donors (Lipinski definition) is 0. The zero-order valence-electron chi connectivity index (χ0n) is 25.2. The van der Waals surface area contributed by atoms with Gasteiger partial charge >= 0.3 is 0 Å². The highest BCUT2D eigenvalue weighted by molar-refractivity contribution is 7.28. The SMILES string of the molecule is N#Cc1ccc(-c2ccc3sc4cc5sc6ccc(-c7ccccc7)cc6c5cc4c3c2)c(N2c3ccccc3C3C=CC=CC32)c1. The van der Waals surface area contributed by atoms with E-state index in [-0.39, 0.29) is 12.0 Å². The molecule has 0 saturated carbocycles. The summed E-state index contributed by atoms with van der Waals surface area (Å²) in [5.41, 5.74) is 9.06. The molecular weight excluding hydrogens is 609 g/mol. The van der Waals surface area contributed by atoms with Crippen LogP contribution in [0.2, 0.25) is 0 Å². The molecule has 4 heteroatoms. The summed E-state index contributed by atoms with van der Waals surface area (Å²) in [4.78, 5) is 2.44. The maximum atomic E-state index is 9.96. The molecule has 0 saturated heterocycles. The van der Waals surface area contributed by atoms with Crippen molar-refractivity contribution in [2.75, 3.05) is 4.90 Å². The van der Waals surface area contributed by atoms with E-state index in [4.69, 9.17) is 0 Å². The van der Waals surface area contributed by atoms with Gasteiger partial charge in [-0.25, -0.2) is 0 Å². The smallest absolute Gasteiger partial charge is 0.0992 e. The molecular formula is C43H26N2S2. The van der Waals surface area contributed by atoms with E-state index in [1.54, 1.807) is 0 Å². The summed E-state index contributed by atoms with van der Waals surface area (Å²) in [6, 6.07) is 46.7. The van der Waals surface area contributed by atoms with Gasteiger partial charge < -0.3 is 4.90 Å². The molecule has 10 rings (SSSR count). The topological polar surface area (TPSA) is 27.0 Å². The van der Waals surface area contributed by atoms with Gasteiger partial charge in [-0.1, -0.05) is 91.0 Å². The van der Waals surface area contributed by atoms with E-state index in [1.165, 1.54) is 62.7 Å². The molecule has 47 heavy (non-hydrogen) atoms. The van der Waals surface area contributed by atoms with Crippen molar-refractivity contribution in [3.05, 3.63) is 157 Å². The first-order chi connectivity index (χ1) is 23.2. The normalized spacial score (nSPS) is 16.7. The van der Waals surface area contributed by atoms with Crippen LogP contribution >= 0.6 is 22.7 Å². The van der Waals surface area contributed by atoms with E-state index in [1.807, 2.05) is 28.7 Å². The monoisotopic (exact) mass is 634 g/mol. The van der Waals surface area contributed by atoms with Gasteiger partial charge in [0.2, 0.25) is 0 Å². The average molecular weight is 635 g/mol. The van der Waals surface area contributed by atoms with Crippen LogP contribution in [0.1, 0.15) is 17.0 Å². The minimum absolute atomic E-state index is 0.164. The molecule has 1 aliphatic heterocycles. The molecule has 0 amide bonds. The Morgan fingerprint density at radius 3 is 2.00 bits per heavy atom. The quantitative estimate of drug-likeness (QED) is 0.193. The Hall–Kier alpha value is -5.47. The second kappa shape index (κ2) is 10.3. The van der Waals surface area contributed by atoms with Crippen LogP contribution in [-0.2, 0) is 0 Å². The Morgan fingerprint density at radius 1 is 0.532 bits per heavy atom. The fourth-order valence-corrected chi connectivity index (χ4v) is 9.93. The number of benzene rings is 6. The fourth-order valence-electron chi connectivity index (χ4n) is 7.64. The first-order valence-electron chi connectivity index (χ1n) is 15.9. The molecule has 2 aromatic heterocycles. The summed E-state index contributed by atoms with van der Waals surface area (Å²) in [6.07, 6.45) is 8.90. The molecule has 6 aromatic carbocycles. The molecule has 8 aromatic rings. The number of fused-ring (bicyclic) bond motifs is 9. The number of nitrogens with zero attached hydrogens (tertiary/aromatic N) is 2. The van der Waals surface area contributed by atoms with Crippen LogP contribution in [0.4, 0.5) is 11.4 Å². The lowest BCUT2D eigenvalue weighted by atomic mass is 9.91. The molecule has 0 fully saturated rings. The highest BCUT2D eigenvalue weighted by Gasteiger charge is 2.38. The summed E-state index contributed by atoms with van der Waals surface area (Å²) in [5.74, 6) is 0.281. The third kappa shape index (κ3) is 4.07. The van der Waals surface area contributed by atoms with E-state index < -0.39 is 0 Å². The molecule has 3 heterocycles. The predicted molar refractivity (Wildman–Crippen MR) is 201 cm³/mol. The van der Waals surface area contributed by atoms with Crippen LogP contribution in [0.5, 0.6) is 0 Å². The van der Waals surface area contributed by atoms with Gasteiger partial charge in [0.15, 0.2) is 0 Å².